The molecule has 1 saturated heterocycles. The van der Waals surface area contributed by atoms with Crippen molar-refractivity contribution in [1.82, 2.24) is 4.98 Å². The number of hydrogen-bond acceptors (Lipinski definition) is 4. The van der Waals surface area contributed by atoms with Crippen LogP contribution in [0.5, 0.6) is 0 Å². The molecule has 1 unspecified atom stereocenters. The highest BCUT2D eigenvalue weighted by atomic mass is 19.4. The van der Waals surface area contributed by atoms with Crippen molar-refractivity contribution in [3.8, 4) is 11.3 Å². The second kappa shape index (κ2) is 7.02. The highest BCUT2D eigenvalue weighted by molar-refractivity contribution is 5.61. The van der Waals surface area contributed by atoms with E-state index in [9.17, 15) is 26.3 Å². The van der Waals surface area contributed by atoms with Crippen molar-refractivity contribution in [3.05, 3.63) is 53.2 Å². The zero-order chi connectivity index (χ0) is 20.7. The standard InChI is InChI=1S/C18H15F6NO3/c1-16(26-2)27-9-14(28-16)11-7-13(25-15(8-11)18(22,23)24)10-3-5-12(6-4-10)17(19,20)21/h3-8,14H,9H2,1-2H3/t14-,16?/m1/s1. The van der Waals surface area contributed by atoms with Gasteiger partial charge in [0.05, 0.1) is 17.9 Å². The van der Waals surface area contributed by atoms with Crippen LogP contribution in [-0.4, -0.2) is 24.7 Å². The number of hydrogen-bond donors (Lipinski definition) is 0. The second-order valence-electron chi connectivity index (χ2n) is 6.23. The molecule has 2 atom stereocenters. The Hall–Kier alpha value is -2.17. The average Bonchev–Trinajstić information content (AvgIpc) is 3.03. The van der Waals surface area contributed by atoms with Gasteiger partial charge in [0, 0.05) is 19.6 Å². The highest BCUT2D eigenvalue weighted by Gasteiger charge is 2.40. The summed E-state index contributed by atoms with van der Waals surface area (Å²) in [5.74, 6) is -1.40. The van der Waals surface area contributed by atoms with Crippen LogP contribution in [0.25, 0.3) is 11.3 Å². The van der Waals surface area contributed by atoms with Crippen LogP contribution in [0.4, 0.5) is 26.3 Å². The minimum absolute atomic E-state index is 0.0574. The Kier molecular flexibility index (Phi) is 5.15. The first-order chi connectivity index (χ1) is 12.9. The van der Waals surface area contributed by atoms with Crippen LogP contribution in [0.15, 0.2) is 36.4 Å². The van der Waals surface area contributed by atoms with Crippen LogP contribution in [0.1, 0.15) is 29.8 Å². The number of nitrogens with zero attached hydrogens (tertiary/aromatic N) is 1. The van der Waals surface area contributed by atoms with Crippen molar-refractivity contribution >= 4 is 0 Å². The molecule has 1 aliphatic rings. The lowest BCUT2D eigenvalue weighted by Gasteiger charge is -2.21. The predicted molar refractivity (Wildman–Crippen MR) is 84.9 cm³/mol. The van der Waals surface area contributed by atoms with Crippen LogP contribution >= 0.6 is 0 Å². The highest BCUT2D eigenvalue weighted by Crippen LogP contribution is 2.38. The fraction of sp³-hybridized carbons (Fsp3) is 0.389. The van der Waals surface area contributed by atoms with Crippen LogP contribution in [0.2, 0.25) is 0 Å². The van der Waals surface area contributed by atoms with Crippen molar-refractivity contribution in [2.45, 2.75) is 31.4 Å². The molecule has 1 aliphatic heterocycles. The third-order valence-electron chi connectivity index (χ3n) is 4.24. The predicted octanol–water partition coefficient (Wildman–Crippen LogP) is 5.19. The lowest BCUT2D eigenvalue weighted by atomic mass is 10.0. The van der Waals surface area contributed by atoms with Gasteiger partial charge < -0.3 is 14.2 Å². The van der Waals surface area contributed by atoms with E-state index in [1.807, 2.05) is 0 Å². The van der Waals surface area contributed by atoms with E-state index >= 15 is 0 Å². The molecule has 10 heteroatoms. The van der Waals surface area contributed by atoms with E-state index < -0.39 is 35.7 Å². The SMILES string of the molecule is COC1(C)OC[C@H](c2cc(-c3ccc(C(F)(F)F)cc3)nc(C(F)(F)F)c2)O1. The summed E-state index contributed by atoms with van der Waals surface area (Å²) < 4.78 is 93.8. The quantitative estimate of drug-likeness (QED) is 0.657. The van der Waals surface area contributed by atoms with Gasteiger partial charge in [0.25, 0.3) is 5.97 Å². The lowest BCUT2D eigenvalue weighted by molar-refractivity contribution is -0.314. The van der Waals surface area contributed by atoms with Crippen molar-refractivity contribution < 1.29 is 40.6 Å². The Morgan fingerprint density at radius 3 is 2.18 bits per heavy atom. The molecule has 0 N–H and O–H groups in total. The van der Waals surface area contributed by atoms with Crippen molar-refractivity contribution in [2.75, 3.05) is 13.7 Å². The molecule has 1 fully saturated rings. The Labute approximate surface area is 156 Å². The summed E-state index contributed by atoms with van der Waals surface area (Å²) in [5.41, 5.74) is -2.00. The molecule has 2 aromatic rings. The molecule has 3 rings (SSSR count). The summed E-state index contributed by atoms with van der Waals surface area (Å²) >= 11 is 0. The van der Waals surface area contributed by atoms with Gasteiger partial charge in [-0.05, 0) is 29.8 Å². The average molecular weight is 407 g/mol. The Bertz CT molecular complexity index is 850. The molecule has 2 heterocycles. The number of methoxy groups -OCH3 is 1. The maximum Gasteiger partial charge on any atom is 0.433 e. The molecule has 0 radical (unpaired) electrons. The van der Waals surface area contributed by atoms with E-state index in [2.05, 4.69) is 4.98 Å². The number of ether oxygens (including phenoxy) is 3. The number of aromatic nitrogens is 1. The Balaban J connectivity index is 2.02. The lowest BCUT2D eigenvalue weighted by Crippen LogP contribution is -2.27. The topological polar surface area (TPSA) is 40.6 Å². The van der Waals surface area contributed by atoms with E-state index in [0.717, 1.165) is 30.3 Å². The molecule has 152 valence electrons. The first-order valence-electron chi connectivity index (χ1n) is 8.05. The van der Waals surface area contributed by atoms with Gasteiger partial charge in [-0.25, -0.2) is 4.98 Å². The van der Waals surface area contributed by atoms with Crippen LogP contribution in [0, 0.1) is 0 Å². The summed E-state index contributed by atoms with van der Waals surface area (Å²) in [5, 5.41) is 0. The van der Waals surface area contributed by atoms with Gasteiger partial charge >= 0.3 is 12.4 Å². The van der Waals surface area contributed by atoms with Crippen molar-refractivity contribution in [3.63, 3.8) is 0 Å². The monoisotopic (exact) mass is 407 g/mol. The molecule has 4 nitrogen and oxygen atoms in total. The first kappa shape index (κ1) is 20.6. The summed E-state index contributed by atoms with van der Waals surface area (Å²) in [4.78, 5) is 3.56. The van der Waals surface area contributed by atoms with Crippen LogP contribution < -0.4 is 0 Å². The minimum atomic E-state index is -4.75. The largest absolute Gasteiger partial charge is 0.433 e. The van der Waals surface area contributed by atoms with Gasteiger partial charge in [0.2, 0.25) is 0 Å². The van der Waals surface area contributed by atoms with E-state index in [1.54, 1.807) is 0 Å². The maximum absolute atomic E-state index is 13.3. The van der Waals surface area contributed by atoms with Gasteiger partial charge in [-0.2, -0.15) is 26.3 Å². The molecular weight excluding hydrogens is 392 g/mol. The third kappa shape index (κ3) is 4.29. The number of rotatable bonds is 3. The number of pyridine rings is 1. The van der Waals surface area contributed by atoms with Gasteiger partial charge in [-0.3, -0.25) is 0 Å². The number of benzene rings is 1. The normalized spacial score (nSPS) is 23.2. The Morgan fingerprint density at radius 2 is 1.68 bits per heavy atom. The smallest absolute Gasteiger partial charge is 0.331 e. The number of halogens is 6. The first-order valence-corrected chi connectivity index (χ1v) is 8.05. The second-order valence-corrected chi connectivity index (χ2v) is 6.23. The van der Waals surface area contributed by atoms with Crippen LogP contribution in [-0.2, 0) is 26.6 Å². The van der Waals surface area contributed by atoms with Gasteiger partial charge in [-0.1, -0.05) is 12.1 Å². The Morgan fingerprint density at radius 1 is 1.04 bits per heavy atom. The van der Waals surface area contributed by atoms with Gasteiger partial charge in [0.1, 0.15) is 11.8 Å². The molecule has 0 spiro atoms. The fourth-order valence-electron chi connectivity index (χ4n) is 2.69. The third-order valence-corrected chi connectivity index (χ3v) is 4.24. The summed E-state index contributed by atoms with van der Waals surface area (Å²) in [6, 6.07) is 5.86. The van der Waals surface area contributed by atoms with E-state index in [1.165, 1.54) is 20.1 Å². The van der Waals surface area contributed by atoms with Crippen LogP contribution in [0.3, 0.4) is 0 Å². The van der Waals surface area contributed by atoms with E-state index in [4.69, 9.17) is 14.2 Å². The molecule has 1 aromatic carbocycles. The molecule has 0 aliphatic carbocycles. The molecule has 0 bridgehead atoms. The van der Waals surface area contributed by atoms with Crippen molar-refractivity contribution in [1.29, 1.82) is 0 Å². The summed E-state index contributed by atoms with van der Waals surface area (Å²) in [6.45, 7) is 1.41. The zero-order valence-electron chi connectivity index (χ0n) is 14.7. The summed E-state index contributed by atoms with van der Waals surface area (Å²) in [6.07, 6.45) is -10.2. The summed E-state index contributed by atoms with van der Waals surface area (Å²) in [7, 11) is 1.32. The fourth-order valence-corrected chi connectivity index (χ4v) is 2.69. The molecular formula is C18H15F6NO3. The van der Waals surface area contributed by atoms with E-state index in [-0.39, 0.29) is 23.4 Å². The van der Waals surface area contributed by atoms with Crippen molar-refractivity contribution in [2.24, 2.45) is 0 Å². The van der Waals surface area contributed by atoms with Gasteiger partial charge in [-0.15, -0.1) is 0 Å². The van der Waals surface area contributed by atoms with Gasteiger partial charge in [0.15, 0.2) is 0 Å². The maximum atomic E-state index is 13.3. The minimum Gasteiger partial charge on any atom is -0.331 e. The molecule has 28 heavy (non-hydrogen) atoms. The molecule has 0 amide bonds. The number of alkyl halides is 6. The molecule has 0 saturated carbocycles. The molecule has 1 aromatic heterocycles. The zero-order valence-corrected chi connectivity index (χ0v) is 14.7. The van der Waals surface area contributed by atoms with E-state index in [0.29, 0.717) is 0 Å².